The molecule has 6 aromatic rings. The van der Waals surface area contributed by atoms with Gasteiger partial charge < -0.3 is 4.74 Å². The molecule has 3 aromatic heterocycles. The largest absolute Gasteiger partial charge is 0.457 e. The molecule has 5 heteroatoms. The lowest BCUT2D eigenvalue weighted by molar-refractivity contribution is 0.346. The van der Waals surface area contributed by atoms with Crippen LogP contribution in [-0.2, 0) is 19.3 Å². The number of aryl methyl sites for hydroxylation is 2. The molecule has 1 aliphatic rings. The first-order valence-electron chi connectivity index (χ1n) is 19.4. The van der Waals surface area contributed by atoms with E-state index < -0.39 is 0 Å². The molecule has 0 amide bonds. The quantitative estimate of drug-likeness (QED) is 0.128. The van der Waals surface area contributed by atoms with E-state index in [-0.39, 0.29) is 0 Å². The molecule has 0 radical (unpaired) electrons. The minimum Gasteiger partial charge on any atom is -0.457 e. The van der Waals surface area contributed by atoms with Crippen molar-refractivity contribution in [1.29, 1.82) is 0 Å². The maximum atomic E-state index is 6.82. The van der Waals surface area contributed by atoms with Gasteiger partial charge in [-0.2, -0.15) is 5.10 Å². The molecule has 1 aliphatic carbocycles. The summed E-state index contributed by atoms with van der Waals surface area (Å²) in [6, 6.07) is 26.0. The molecule has 3 heterocycles. The van der Waals surface area contributed by atoms with Gasteiger partial charge in [0, 0.05) is 46.3 Å². The molecule has 3 atom stereocenters. The number of rotatable bonds is 11. The Morgan fingerprint density at radius 3 is 2.33 bits per heavy atom. The molecule has 51 heavy (non-hydrogen) atoms. The Bertz CT molecular complexity index is 2220. The van der Waals surface area contributed by atoms with Crippen LogP contribution in [0.2, 0.25) is 0 Å². The van der Waals surface area contributed by atoms with Crippen molar-refractivity contribution in [3.63, 3.8) is 0 Å². The van der Waals surface area contributed by atoms with Crippen molar-refractivity contribution in [3.05, 3.63) is 119 Å². The predicted molar refractivity (Wildman–Crippen MR) is 213 cm³/mol. The number of para-hydroxylation sites is 1. The Kier molecular flexibility index (Phi) is 9.92. The van der Waals surface area contributed by atoms with Crippen molar-refractivity contribution >= 4 is 21.8 Å². The molecule has 0 spiro atoms. The van der Waals surface area contributed by atoms with Gasteiger partial charge in [0.1, 0.15) is 17.3 Å². The van der Waals surface area contributed by atoms with Crippen LogP contribution >= 0.6 is 0 Å². The highest BCUT2D eigenvalue weighted by Crippen LogP contribution is 2.46. The summed E-state index contributed by atoms with van der Waals surface area (Å²) in [6.45, 7) is 18.3. The molecule has 264 valence electrons. The normalized spacial score (nSPS) is 17.8. The van der Waals surface area contributed by atoms with E-state index in [1.807, 2.05) is 6.20 Å². The monoisotopic (exact) mass is 678 g/mol. The third-order valence-corrected chi connectivity index (χ3v) is 11.2. The van der Waals surface area contributed by atoms with E-state index >= 15 is 0 Å². The van der Waals surface area contributed by atoms with Crippen LogP contribution in [-0.4, -0.2) is 19.3 Å². The summed E-state index contributed by atoms with van der Waals surface area (Å²) in [5.74, 6) is 4.59. The fraction of sp³-hybridized carbons (Fsp3) is 0.391. The second-order valence-electron chi connectivity index (χ2n) is 14.8. The van der Waals surface area contributed by atoms with Gasteiger partial charge in [0.05, 0.1) is 22.4 Å². The van der Waals surface area contributed by atoms with Crippen LogP contribution in [0.25, 0.3) is 33.3 Å². The van der Waals surface area contributed by atoms with Crippen molar-refractivity contribution < 1.29 is 4.74 Å². The van der Waals surface area contributed by atoms with Crippen LogP contribution in [0.3, 0.4) is 0 Å². The maximum Gasteiger partial charge on any atom is 0.137 e. The molecule has 0 fully saturated rings. The Morgan fingerprint density at radius 2 is 1.61 bits per heavy atom. The van der Waals surface area contributed by atoms with Gasteiger partial charge in [-0.05, 0) is 103 Å². The smallest absolute Gasteiger partial charge is 0.137 e. The van der Waals surface area contributed by atoms with Crippen molar-refractivity contribution in [2.75, 3.05) is 0 Å². The minimum absolute atomic E-state index is 0.332. The average molecular weight is 679 g/mol. The second-order valence-corrected chi connectivity index (χ2v) is 14.8. The van der Waals surface area contributed by atoms with E-state index in [1.165, 1.54) is 51.7 Å². The van der Waals surface area contributed by atoms with E-state index in [2.05, 4.69) is 144 Å². The van der Waals surface area contributed by atoms with Gasteiger partial charge in [0.15, 0.2) is 0 Å². The zero-order valence-corrected chi connectivity index (χ0v) is 31.8. The fourth-order valence-corrected chi connectivity index (χ4v) is 8.62. The number of aromatic nitrogens is 4. The molecule has 0 bridgehead atoms. The SMILES string of the molecule is CCC1=C[C@H](C)CC(CC)[C@H]1c1c(CC)nn(-c2cc(Oc3ccc4c5ccccc5n(-c5cc(CC)ccn5)c4c3)cc(C(C)C)c2)c1CC. The van der Waals surface area contributed by atoms with Gasteiger partial charge in [-0.25, -0.2) is 9.67 Å². The summed E-state index contributed by atoms with van der Waals surface area (Å²) < 4.78 is 11.3. The molecule has 0 aliphatic heterocycles. The number of pyridine rings is 1. The van der Waals surface area contributed by atoms with Crippen molar-refractivity contribution in [1.82, 2.24) is 19.3 Å². The summed E-state index contributed by atoms with van der Waals surface area (Å²) >= 11 is 0. The minimum atomic E-state index is 0.332. The van der Waals surface area contributed by atoms with Crippen LogP contribution < -0.4 is 4.74 Å². The average Bonchev–Trinajstić information content (AvgIpc) is 3.69. The van der Waals surface area contributed by atoms with Gasteiger partial charge in [-0.1, -0.05) is 91.7 Å². The van der Waals surface area contributed by atoms with Gasteiger partial charge >= 0.3 is 0 Å². The fourth-order valence-electron chi connectivity index (χ4n) is 8.62. The summed E-state index contributed by atoms with van der Waals surface area (Å²) in [5.41, 5.74) is 11.4. The van der Waals surface area contributed by atoms with E-state index in [4.69, 9.17) is 14.8 Å². The lowest BCUT2D eigenvalue weighted by Gasteiger charge is -2.35. The highest BCUT2D eigenvalue weighted by atomic mass is 16.5. The first-order chi connectivity index (χ1) is 24.8. The standard InChI is InChI=1S/C46H54N4O/c1-9-31-20-21-47-44(24-31)49-42-17-15-14-16-38(42)39-19-18-36(28-43(39)49)51-37-26-34(29(6)7)25-35(27-37)50-41(13-5)46(40(12-4)48-50)45-32(10-2)22-30(8)23-33(45)11-3/h14-22,24-30,33,45H,9-13,23H2,1-8H3/t30-,33?,45-/m0/s1. The zero-order chi connectivity index (χ0) is 35.8. The summed E-state index contributed by atoms with van der Waals surface area (Å²) in [5, 5.41) is 7.79. The van der Waals surface area contributed by atoms with Crippen LogP contribution in [0.15, 0.2) is 90.6 Å². The Morgan fingerprint density at radius 1 is 0.804 bits per heavy atom. The van der Waals surface area contributed by atoms with Crippen LogP contribution in [0.1, 0.15) is 115 Å². The predicted octanol–water partition coefficient (Wildman–Crippen LogP) is 12.5. The van der Waals surface area contributed by atoms with Gasteiger partial charge in [-0.3, -0.25) is 4.57 Å². The molecular formula is C46H54N4O. The highest BCUT2D eigenvalue weighted by Gasteiger charge is 2.35. The van der Waals surface area contributed by atoms with Crippen LogP contribution in [0.5, 0.6) is 11.5 Å². The van der Waals surface area contributed by atoms with Crippen molar-refractivity contribution in [2.45, 2.75) is 106 Å². The van der Waals surface area contributed by atoms with Crippen LogP contribution in [0, 0.1) is 11.8 Å². The van der Waals surface area contributed by atoms with Crippen molar-refractivity contribution in [3.8, 4) is 23.0 Å². The number of ether oxygens (including phenoxy) is 1. The Hall–Kier alpha value is -4.64. The van der Waals surface area contributed by atoms with E-state index in [0.29, 0.717) is 23.7 Å². The highest BCUT2D eigenvalue weighted by molar-refractivity contribution is 6.09. The first-order valence-corrected chi connectivity index (χ1v) is 19.4. The van der Waals surface area contributed by atoms with E-state index in [0.717, 1.165) is 59.7 Å². The topological polar surface area (TPSA) is 44.9 Å². The summed E-state index contributed by atoms with van der Waals surface area (Å²) in [4.78, 5) is 4.82. The molecule has 5 nitrogen and oxygen atoms in total. The third kappa shape index (κ3) is 6.41. The lowest BCUT2D eigenvalue weighted by Crippen LogP contribution is -2.23. The Balaban J connectivity index is 1.34. The lowest BCUT2D eigenvalue weighted by atomic mass is 9.69. The molecular weight excluding hydrogens is 625 g/mol. The molecule has 0 N–H and O–H groups in total. The number of fused-ring (bicyclic) bond motifs is 3. The molecule has 1 unspecified atom stereocenters. The number of nitrogens with zero attached hydrogens (tertiary/aromatic N) is 4. The number of hydrogen-bond acceptors (Lipinski definition) is 3. The Labute approximate surface area is 304 Å². The van der Waals surface area contributed by atoms with Gasteiger partial charge in [0.25, 0.3) is 0 Å². The number of allylic oxidation sites excluding steroid dienone is 2. The van der Waals surface area contributed by atoms with Gasteiger partial charge in [0.2, 0.25) is 0 Å². The zero-order valence-electron chi connectivity index (χ0n) is 31.8. The van der Waals surface area contributed by atoms with Crippen molar-refractivity contribution in [2.24, 2.45) is 11.8 Å². The van der Waals surface area contributed by atoms with Gasteiger partial charge in [-0.15, -0.1) is 0 Å². The molecule has 3 aromatic carbocycles. The second kappa shape index (κ2) is 14.5. The molecule has 0 saturated heterocycles. The maximum absolute atomic E-state index is 6.82. The number of hydrogen-bond donors (Lipinski definition) is 0. The third-order valence-electron chi connectivity index (χ3n) is 11.2. The molecule has 0 saturated carbocycles. The first kappa shape index (κ1) is 34.8. The summed E-state index contributed by atoms with van der Waals surface area (Å²) in [7, 11) is 0. The van der Waals surface area contributed by atoms with Crippen LogP contribution in [0.4, 0.5) is 0 Å². The summed E-state index contributed by atoms with van der Waals surface area (Å²) in [6.07, 6.45) is 10.8. The van der Waals surface area contributed by atoms with E-state index in [1.54, 1.807) is 5.57 Å². The van der Waals surface area contributed by atoms with E-state index in [9.17, 15) is 0 Å². The molecule has 7 rings (SSSR count). The number of benzene rings is 3.